The van der Waals surface area contributed by atoms with Gasteiger partial charge in [0.1, 0.15) is 0 Å². The number of hydrogen-bond donors (Lipinski definition) is 1. The number of hydrogen-bond acceptors (Lipinski definition) is 2. The van der Waals surface area contributed by atoms with E-state index in [1.165, 1.54) is 17.2 Å². The molecule has 0 bridgehead atoms. The van der Waals surface area contributed by atoms with Gasteiger partial charge in [-0.1, -0.05) is 56.3 Å². The summed E-state index contributed by atoms with van der Waals surface area (Å²) in [5.41, 5.74) is 4.24. The Balaban J connectivity index is 1.58. The van der Waals surface area contributed by atoms with E-state index in [1.54, 1.807) is 16.8 Å². The summed E-state index contributed by atoms with van der Waals surface area (Å²) < 4.78 is 1.65. The van der Waals surface area contributed by atoms with Gasteiger partial charge in [0.25, 0.3) is 5.91 Å². The topological polar surface area (TPSA) is 51.1 Å². The highest BCUT2D eigenvalue weighted by atomic mass is 16.1. The Morgan fingerprint density at radius 2 is 1.68 bits per heavy atom. The van der Waals surface area contributed by atoms with Crippen LogP contribution in [0.1, 0.15) is 42.1 Å². The fraction of sp³-hybridized carbons (Fsp3) is 0.250. The Kier molecular flexibility index (Phi) is 6.43. The zero-order valence-electron chi connectivity index (χ0n) is 16.4. The van der Waals surface area contributed by atoms with Crippen molar-refractivity contribution in [1.82, 2.24) is 9.88 Å². The Morgan fingerprint density at radius 1 is 0.964 bits per heavy atom. The minimum atomic E-state index is -0.0934. The fourth-order valence-electron chi connectivity index (χ4n) is 3.26. The standard InChI is InChI=1S/C24H26N2O2/c1-18(2)21-8-3-4-9-22(21)19-11-13-20(14-12-19)24(28)25-15-7-17-26-16-6-5-10-23(26)27/h3-6,8-14,16,18H,7,15,17H2,1-2H3,(H,25,28). The number of carbonyl (C=O) groups is 1. The van der Waals surface area contributed by atoms with Gasteiger partial charge in [0, 0.05) is 30.9 Å². The summed E-state index contributed by atoms with van der Waals surface area (Å²) in [7, 11) is 0. The van der Waals surface area contributed by atoms with E-state index in [-0.39, 0.29) is 11.5 Å². The lowest BCUT2D eigenvalue weighted by Gasteiger charge is -2.13. The molecule has 2 aromatic carbocycles. The first kappa shape index (κ1) is 19.6. The summed E-state index contributed by atoms with van der Waals surface area (Å²) in [6, 6.07) is 21.2. The van der Waals surface area contributed by atoms with E-state index in [4.69, 9.17) is 0 Å². The number of carbonyl (C=O) groups excluding carboxylic acids is 1. The molecule has 0 radical (unpaired) electrons. The second kappa shape index (κ2) is 9.18. The molecule has 3 aromatic rings. The number of benzene rings is 2. The van der Waals surface area contributed by atoms with Gasteiger partial charge in [0.05, 0.1) is 0 Å². The van der Waals surface area contributed by atoms with E-state index < -0.39 is 0 Å². The summed E-state index contributed by atoms with van der Waals surface area (Å²) in [6.45, 7) is 5.48. The number of amides is 1. The van der Waals surface area contributed by atoms with Crippen LogP contribution in [-0.4, -0.2) is 17.0 Å². The zero-order chi connectivity index (χ0) is 19.9. The molecule has 4 nitrogen and oxygen atoms in total. The molecule has 0 fully saturated rings. The smallest absolute Gasteiger partial charge is 0.251 e. The lowest BCUT2D eigenvalue weighted by Crippen LogP contribution is -2.26. The van der Waals surface area contributed by atoms with Crippen molar-refractivity contribution in [3.05, 3.63) is 94.4 Å². The molecule has 0 unspecified atom stereocenters. The van der Waals surface area contributed by atoms with E-state index >= 15 is 0 Å². The average molecular weight is 374 g/mol. The number of rotatable bonds is 7. The highest BCUT2D eigenvalue weighted by Crippen LogP contribution is 2.29. The second-order valence-electron chi connectivity index (χ2n) is 7.16. The molecule has 3 rings (SSSR count). The van der Waals surface area contributed by atoms with Crippen molar-refractivity contribution in [2.45, 2.75) is 32.7 Å². The summed E-state index contributed by atoms with van der Waals surface area (Å²) in [5.74, 6) is 0.348. The maximum absolute atomic E-state index is 12.4. The van der Waals surface area contributed by atoms with E-state index in [0.29, 0.717) is 31.0 Å². The van der Waals surface area contributed by atoms with Gasteiger partial charge < -0.3 is 9.88 Å². The Hall–Kier alpha value is -3.14. The Bertz CT molecular complexity index is 988. The zero-order valence-corrected chi connectivity index (χ0v) is 16.4. The highest BCUT2D eigenvalue weighted by molar-refractivity contribution is 5.94. The van der Waals surface area contributed by atoms with Crippen molar-refractivity contribution in [3.63, 3.8) is 0 Å². The van der Waals surface area contributed by atoms with Crippen LogP contribution in [0.3, 0.4) is 0 Å². The Labute approximate surface area is 165 Å². The average Bonchev–Trinajstić information content (AvgIpc) is 2.72. The lowest BCUT2D eigenvalue weighted by molar-refractivity contribution is 0.0952. The van der Waals surface area contributed by atoms with Crippen LogP contribution in [0.5, 0.6) is 0 Å². The van der Waals surface area contributed by atoms with Crippen LogP contribution in [0.15, 0.2) is 77.7 Å². The van der Waals surface area contributed by atoms with Crippen molar-refractivity contribution in [2.75, 3.05) is 6.54 Å². The minimum Gasteiger partial charge on any atom is -0.352 e. The molecule has 0 saturated heterocycles. The molecule has 1 N–H and O–H groups in total. The first-order valence-electron chi connectivity index (χ1n) is 9.69. The molecule has 4 heteroatoms. The third-order valence-corrected chi connectivity index (χ3v) is 4.80. The van der Waals surface area contributed by atoms with Crippen molar-refractivity contribution in [2.24, 2.45) is 0 Å². The van der Waals surface area contributed by atoms with Gasteiger partial charge >= 0.3 is 0 Å². The van der Waals surface area contributed by atoms with Crippen LogP contribution < -0.4 is 10.9 Å². The molecule has 1 amide bonds. The first-order chi connectivity index (χ1) is 13.6. The molecular weight excluding hydrogens is 348 g/mol. The van der Waals surface area contributed by atoms with E-state index in [1.807, 2.05) is 36.4 Å². The van der Waals surface area contributed by atoms with E-state index in [2.05, 4.69) is 37.4 Å². The summed E-state index contributed by atoms with van der Waals surface area (Å²) in [6.07, 6.45) is 2.47. The van der Waals surface area contributed by atoms with Crippen molar-refractivity contribution in [3.8, 4) is 11.1 Å². The van der Waals surface area contributed by atoms with Gasteiger partial charge in [-0.25, -0.2) is 0 Å². The largest absolute Gasteiger partial charge is 0.352 e. The highest BCUT2D eigenvalue weighted by Gasteiger charge is 2.09. The predicted molar refractivity (Wildman–Crippen MR) is 114 cm³/mol. The van der Waals surface area contributed by atoms with Gasteiger partial charge in [-0.2, -0.15) is 0 Å². The maximum Gasteiger partial charge on any atom is 0.251 e. The molecular formula is C24H26N2O2. The molecule has 28 heavy (non-hydrogen) atoms. The van der Waals surface area contributed by atoms with Crippen LogP contribution >= 0.6 is 0 Å². The van der Waals surface area contributed by atoms with Crippen LogP contribution in [0, 0.1) is 0 Å². The summed E-state index contributed by atoms with van der Waals surface area (Å²) in [4.78, 5) is 24.0. The SMILES string of the molecule is CC(C)c1ccccc1-c1ccc(C(=O)NCCCn2ccccc2=O)cc1. The number of nitrogens with zero attached hydrogens (tertiary/aromatic N) is 1. The second-order valence-corrected chi connectivity index (χ2v) is 7.16. The monoisotopic (exact) mass is 374 g/mol. The van der Waals surface area contributed by atoms with E-state index in [9.17, 15) is 9.59 Å². The van der Waals surface area contributed by atoms with Crippen molar-refractivity contribution < 1.29 is 4.79 Å². The molecule has 1 aromatic heterocycles. The predicted octanol–water partition coefficient (Wildman–Crippen LogP) is 4.46. The Morgan fingerprint density at radius 3 is 2.39 bits per heavy atom. The summed E-state index contributed by atoms with van der Waals surface area (Å²) in [5, 5.41) is 2.92. The van der Waals surface area contributed by atoms with Crippen molar-refractivity contribution in [1.29, 1.82) is 0 Å². The third kappa shape index (κ3) is 4.77. The molecule has 0 saturated carbocycles. The summed E-state index contributed by atoms with van der Waals surface area (Å²) >= 11 is 0. The first-order valence-corrected chi connectivity index (χ1v) is 9.69. The molecule has 0 aliphatic carbocycles. The van der Waals surface area contributed by atoms with Gasteiger partial charge in [-0.05, 0) is 47.2 Å². The van der Waals surface area contributed by atoms with Gasteiger partial charge in [0.15, 0.2) is 0 Å². The van der Waals surface area contributed by atoms with Crippen LogP contribution in [0.4, 0.5) is 0 Å². The van der Waals surface area contributed by atoms with Crippen LogP contribution in [0.2, 0.25) is 0 Å². The number of aryl methyl sites for hydroxylation is 1. The molecule has 1 heterocycles. The third-order valence-electron chi connectivity index (χ3n) is 4.80. The quantitative estimate of drug-likeness (QED) is 0.621. The molecule has 0 spiro atoms. The number of aromatic nitrogens is 1. The molecule has 0 aliphatic heterocycles. The lowest BCUT2D eigenvalue weighted by atomic mass is 9.92. The molecule has 144 valence electrons. The van der Waals surface area contributed by atoms with Gasteiger partial charge in [0.2, 0.25) is 5.56 Å². The van der Waals surface area contributed by atoms with Crippen molar-refractivity contribution >= 4 is 5.91 Å². The number of nitrogens with one attached hydrogen (secondary N) is 1. The molecule has 0 atom stereocenters. The van der Waals surface area contributed by atoms with Gasteiger partial charge in [-0.3, -0.25) is 9.59 Å². The minimum absolute atomic E-state index is 0.0221. The normalized spacial score (nSPS) is 10.8. The molecule has 0 aliphatic rings. The fourth-order valence-corrected chi connectivity index (χ4v) is 3.26. The van der Waals surface area contributed by atoms with Crippen LogP contribution in [0.25, 0.3) is 11.1 Å². The van der Waals surface area contributed by atoms with Crippen LogP contribution in [-0.2, 0) is 6.54 Å². The van der Waals surface area contributed by atoms with Gasteiger partial charge in [-0.15, -0.1) is 0 Å². The number of pyridine rings is 1. The maximum atomic E-state index is 12.4. The van der Waals surface area contributed by atoms with E-state index in [0.717, 1.165) is 5.56 Å².